The maximum atomic E-state index is 10.7. The van der Waals surface area contributed by atoms with Gasteiger partial charge in [-0.25, -0.2) is 0 Å². The third-order valence-electron chi connectivity index (χ3n) is 1.20. The zero-order valence-electron chi connectivity index (χ0n) is 7.45. The smallest absolute Gasteiger partial charge is 0.307 e. The second kappa shape index (κ2) is 7.18. The van der Waals surface area contributed by atoms with E-state index in [4.69, 9.17) is 5.73 Å². The second-order valence-corrected chi connectivity index (χ2v) is 3.28. The Morgan fingerprint density at radius 1 is 1.75 bits per heavy atom. The van der Waals surface area contributed by atoms with Gasteiger partial charge in [0.1, 0.15) is 0 Å². The number of hydrogen-bond donors (Lipinski definition) is 1. The van der Waals surface area contributed by atoms with Crippen LogP contribution in [-0.2, 0) is 9.53 Å². The molecule has 0 saturated carbocycles. The molecule has 3 nitrogen and oxygen atoms in total. The van der Waals surface area contributed by atoms with Crippen LogP contribution in [0.4, 0.5) is 0 Å². The van der Waals surface area contributed by atoms with E-state index in [1.54, 1.807) is 11.8 Å². The summed E-state index contributed by atoms with van der Waals surface area (Å²) < 4.78 is 4.48. The van der Waals surface area contributed by atoms with Crippen LogP contribution in [0.3, 0.4) is 0 Å². The first-order chi connectivity index (χ1) is 5.70. The van der Waals surface area contributed by atoms with Gasteiger partial charge in [0.05, 0.1) is 13.5 Å². The SMILES string of the molecule is C/C=C\SCC(N)CC(=O)OC. The van der Waals surface area contributed by atoms with Gasteiger partial charge in [-0.15, -0.1) is 11.8 Å². The van der Waals surface area contributed by atoms with Crippen molar-refractivity contribution in [1.29, 1.82) is 0 Å². The van der Waals surface area contributed by atoms with Crippen molar-refractivity contribution < 1.29 is 9.53 Å². The van der Waals surface area contributed by atoms with E-state index in [9.17, 15) is 4.79 Å². The van der Waals surface area contributed by atoms with Crippen LogP contribution in [0, 0.1) is 0 Å². The van der Waals surface area contributed by atoms with Crippen LogP contribution >= 0.6 is 11.8 Å². The van der Waals surface area contributed by atoms with Crippen molar-refractivity contribution in [1.82, 2.24) is 0 Å². The van der Waals surface area contributed by atoms with Crippen molar-refractivity contribution in [3.8, 4) is 0 Å². The van der Waals surface area contributed by atoms with Gasteiger partial charge in [0.25, 0.3) is 0 Å². The van der Waals surface area contributed by atoms with Crippen LogP contribution in [0.1, 0.15) is 13.3 Å². The minimum Gasteiger partial charge on any atom is -0.469 e. The lowest BCUT2D eigenvalue weighted by Crippen LogP contribution is -2.26. The van der Waals surface area contributed by atoms with Crippen LogP contribution in [-0.4, -0.2) is 24.9 Å². The molecule has 2 N–H and O–H groups in total. The monoisotopic (exact) mass is 189 g/mol. The van der Waals surface area contributed by atoms with Gasteiger partial charge in [-0.3, -0.25) is 4.79 Å². The van der Waals surface area contributed by atoms with E-state index in [2.05, 4.69) is 4.74 Å². The molecule has 0 aliphatic rings. The first-order valence-electron chi connectivity index (χ1n) is 3.75. The van der Waals surface area contributed by atoms with Gasteiger partial charge in [0.15, 0.2) is 0 Å². The lowest BCUT2D eigenvalue weighted by atomic mass is 10.2. The highest BCUT2D eigenvalue weighted by Crippen LogP contribution is 2.05. The van der Waals surface area contributed by atoms with Crippen molar-refractivity contribution in [2.24, 2.45) is 5.73 Å². The lowest BCUT2D eigenvalue weighted by molar-refractivity contribution is -0.140. The summed E-state index contributed by atoms with van der Waals surface area (Å²) in [4.78, 5) is 10.7. The van der Waals surface area contributed by atoms with Crippen molar-refractivity contribution in [3.63, 3.8) is 0 Å². The molecule has 0 aromatic carbocycles. The Kier molecular flexibility index (Phi) is 6.90. The van der Waals surface area contributed by atoms with Gasteiger partial charge >= 0.3 is 5.97 Å². The molecule has 70 valence electrons. The lowest BCUT2D eigenvalue weighted by Gasteiger charge is -2.07. The summed E-state index contributed by atoms with van der Waals surface area (Å²) >= 11 is 1.60. The molecule has 0 bridgehead atoms. The number of carbonyl (C=O) groups excluding carboxylic acids is 1. The van der Waals surface area contributed by atoms with Crippen molar-refractivity contribution in [3.05, 3.63) is 11.5 Å². The Balaban J connectivity index is 3.45. The summed E-state index contributed by atoms with van der Waals surface area (Å²) in [6.45, 7) is 1.94. The molecule has 0 aromatic rings. The van der Waals surface area contributed by atoms with E-state index in [-0.39, 0.29) is 12.0 Å². The number of esters is 1. The molecule has 0 radical (unpaired) electrons. The predicted octanol–water partition coefficient (Wildman–Crippen LogP) is 1.14. The van der Waals surface area contributed by atoms with Gasteiger partial charge in [-0.2, -0.15) is 0 Å². The molecule has 0 spiro atoms. The minimum absolute atomic E-state index is 0.112. The Hall–Kier alpha value is -0.480. The molecule has 0 rings (SSSR count). The number of hydrogen-bond acceptors (Lipinski definition) is 4. The number of thioether (sulfide) groups is 1. The quantitative estimate of drug-likeness (QED) is 0.659. The number of allylic oxidation sites excluding steroid dienone is 1. The zero-order chi connectivity index (χ0) is 9.40. The highest BCUT2D eigenvalue weighted by Gasteiger charge is 2.08. The van der Waals surface area contributed by atoms with Gasteiger partial charge in [0.2, 0.25) is 0 Å². The first-order valence-corrected chi connectivity index (χ1v) is 4.80. The van der Waals surface area contributed by atoms with E-state index < -0.39 is 0 Å². The molecule has 0 amide bonds. The molecule has 0 aliphatic carbocycles. The van der Waals surface area contributed by atoms with Crippen molar-refractivity contribution in [2.45, 2.75) is 19.4 Å². The Morgan fingerprint density at radius 3 is 2.92 bits per heavy atom. The van der Waals surface area contributed by atoms with E-state index in [1.807, 2.05) is 18.4 Å². The van der Waals surface area contributed by atoms with E-state index in [1.165, 1.54) is 7.11 Å². The van der Waals surface area contributed by atoms with Crippen molar-refractivity contribution >= 4 is 17.7 Å². The molecule has 0 aliphatic heterocycles. The summed E-state index contributed by atoms with van der Waals surface area (Å²) in [5.74, 6) is 0.503. The van der Waals surface area contributed by atoms with Gasteiger partial charge in [-0.05, 0) is 12.3 Å². The van der Waals surface area contributed by atoms with Crippen LogP contribution in [0.2, 0.25) is 0 Å². The van der Waals surface area contributed by atoms with Crippen LogP contribution in [0.25, 0.3) is 0 Å². The topological polar surface area (TPSA) is 52.3 Å². The molecule has 12 heavy (non-hydrogen) atoms. The van der Waals surface area contributed by atoms with E-state index in [0.717, 1.165) is 5.75 Å². The Labute approximate surface area is 77.3 Å². The van der Waals surface area contributed by atoms with Gasteiger partial charge in [0, 0.05) is 11.8 Å². The Bertz CT molecular complexity index is 159. The van der Waals surface area contributed by atoms with Crippen LogP contribution in [0.5, 0.6) is 0 Å². The molecular formula is C8H15NO2S. The average Bonchev–Trinajstić information content (AvgIpc) is 2.05. The Morgan fingerprint density at radius 2 is 2.42 bits per heavy atom. The summed E-state index contributed by atoms with van der Waals surface area (Å²) in [6.07, 6.45) is 2.23. The third-order valence-corrected chi connectivity index (χ3v) is 2.28. The minimum atomic E-state index is -0.247. The van der Waals surface area contributed by atoms with Crippen molar-refractivity contribution in [2.75, 3.05) is 12.9 Å². The largest absolute Gasteiger partial charge is 0.469 e. The van der Waals surface area contributed by atoms with Crippen LogP contribution < -0.4 is 5.73 Å². The molecule has 1 unspecified atom stereocenters. The molecule has 4 heteroatoms. The molecule has 0 fully saturated rings. The fraction of sp³-hybridized carbons (Fsp3) is 0.625. The molecular weight excluding hydrogens is 174 g/mol. The number of carbonyl (C=O) groups is 1. The van der Waals surface area contributed by atoms with Crippen LogP contribution in [0.15, 0.2) is 11.5 Å². The maximum Gasteiger partial charge on any atom is 0.307 e. The van der Waals surface area contributed by atoms with Gasteiger partial charge in [-0.1, -0.05) is 6.08 Å². The maximum absolute atomic E-state index is 10.7. The summed E-state index contributed by atoms with van der Waals surface area (Å²) in [6, 6.07) is -0.112. The average molecular weight is 189 g/mol. The second-order valence-electron chi connectivity index (χ2n) is 2.34. The number of rotatable bonds is 5. The van der Waals surface area contributed by atoms with E-state index in [0.29, 0.717) is 6.42 Å². The summed E-state index contributed by atoms with van der Waals surface area (Å²) in [7, 11) is 1.37. The highest BCUT2D eigenvalue weighted by atomic mass is 32.2. The predicted molar refractivity (Wildman–Crippen MR) is 51.9 cm³/mol. The van der Waals surface area contributed by atoms with Gasteiger partial charge < -0.3 is 10.5 Å². The number of nitrogens with two attached hydrogens (primary N) is 1. The fourth-order valence-electron chi connectivity index (χ4n) is 0.632. The molecule has 0 heterocycles. The summed E-state index contributed by atoms with van der Waals surface area (Å²) in [5.41, 5.74) is 5.64. The molecule has 0 saturated heterocycles. The highest BCUT2D eigenvalue weighted by molar-refractivity contribution is 8.02. The number of ether oxygens (including phenoxy) is 1. The molecule has 1 atom stereocenters. The standard InChI is InChI=1S/C8H15NO2S/c1-3-4-12-6-7(9)5-8(10)11-2/h3-4,7H,5-6,9H2,1-2H3/b4-3-. The molecule has 0 aromatic heterocycles. The fourth-order valence-corrected chi connectivity index (χ4v) is 1.30. The first kappa shape index (κ1) is 11.5. The summed E-state index contributed by atoms with van der Waals surface area (Å²) in [5, 5.41) is 1.96. The normalized spacial score (nSPS) is 13.2. The van der Waals surface area contributed by atoms with E-state index >= 15 is 0 Å². The number of methoxy groups -OCH3 is 1. The zero-order valence-corrected chi connectivity index (χ0v) is 8.26. The third kappa shape index (κ3) is 6.24.